The molecule has 1 aliphatic carbocycles. The van der Waals surface area contributed by atoms with Crippen LogP contribution in [0.5, 0.6) is 0 Å². The van der Waals surface area contributed by atoms with Crippen LogP contribution in [0.25, 0.3) is 0 Å². The van der Waals surface area contributed by atoms with Gasteiger partial charge >= 0.3 is 0 Å². The predicted molar refractivity (Wildman–Crippen MR) is 62.5 cm³/mol. The van der Waals surface area contributed by atoms with Crippen molar-refractivity contribution in [3.63, 3.8) is 0 Å². The summed E-state index contributed by atoms with van der Waals surface area (Å²) < 4.78 is 6.30. The summed E-state index contributed by atoms with van der Waals surface area (Å²) in [5, 5.41) is 10.7. The molecule has 1 N–H and O–H groups in total. The Morgan fingerprint density at radius 2 is 2.27 bits per heavy atom. The third-order valence-electron chi connectivity index (χ3n) is 3.60. The molecule has 0 spiro atoms. The summed E-state index contributed by atoms with van der Waals surface area (Å²) in [5.41, 5.74) is -0.783. The molecular formula is C12H17BrO2. The SMILES string of the molecule is CC1CCC(O)(c2occc2Br)C(C)C1. The minimum absolute atomic E-state index is 0.253. The number of hydrogen-bond donors (Lipinski definition) is 1. The van der Waals surface area contributed by atoms with Crippen LogP contribution < -0.4 is 0 Å². The monoisotopic (exact) mass is 272 g/mol. The Labute approximate surface area is 98.8 Å². The van der Waals surface area contributed by atoms with Gasteiger partial charge in [-0.1, -0.05) is 13.8 Å². The Kier molecular flexibility index (Phi) is 2.95. The summed E-state index contributed by atoms with van der Waals surface area (Å²) in [4.78, 5) is 0. The van der Waals surface area contributed by atoms with Crippen molar-refractivity contribution in [3.05, 3.63) is 22.6 Å². The van der Waals surface area contributed by atoms with Gasteiger partial charge in [0.1, 0.15) is 11.4 Å². The second-order valence-electron chi connectivity index (χ2n) is 4.80. The highest BCUT2D eigenvalue weighted by Gasteiger charge is 2.43. The van der Waals surface area contributed by atoms with Crippen molar-refractivity contribution in [2.24, 2.45) is 11.8 Å². The standard InChI is InChI=1S/C12H17BrO2/c1-8-3-5-12(14,9(2)7-8)11-10(13)4-6-15-11/h4,6,8-9,14H,3,5,7H2,1-2H3. The lowest BCUT2D eigenvalue weighted by molar-refractivity contribution is -0.0751. The largest absolute Gasteiger partial charge is 0.465 e. The molecule has 1 heterocycles. The highest BCUT2D eigenvalue weighted by molar-refractivity contribution is 9.10. The van der Waals surface area contributed by atoms with Crippen molar-refractivity contribution >= 4 is 15.9 Å². The van der Waals surface area contributed by atoms with Crippen molar-refractivity contribution in [3.8, 4) is 0 Å². The van der Waals surface area contributed by atoms with Crippen molar-refractivity contribution in [2.75, 3.05) is 0 Å². The molecule has 0 amide bonds. The summed E-state index contributed by atoms with van der Waals surface area (Å²) >= 11 is 3.43. The zero-order chi connectivity index (χ0) is 11.1. The van der Waals surface area contributed by atoms with Gasteiger partial charge in [-0.3, -0.25) is 0 Å². The van der Waals surface area contributed by atoms with E-state index < -0.39 is 5.60 Å². The molecule has 1 aliphatic rings. The summed E-state index contributed by atoms with van der Waals surface area (Å²) in [5.74, 6) is 1.65. The smallest absolute Gasteiger partial charge is 0.149 e. The van der Waals surface area contributed by atoms with Gasteiger partial charge in [0, 0.05) is 0 Å². The van der Waals surface area contributed by atoms with Gasteiger partial charge in [-0.2, -0.15) is 0 Å². The molecule has 1 saturated carbocycles. The first-order valence-electron chi connectivity index (χ1n) is 5.50. The molecule has 0 radical (unpaired) electrons. The fraction of sp³-hybridized carbons (Fsp3) is 0.667. The lowest BCUT2D eigenvalue weighted by Crippen LogP contribution is -2.38. The second-order valence-corrected chi connectivity index (χ2v) is 5.66. The molecule has 0 saturated heterocycles. The molecule has 2 rings (SSSR count). The van der Waals surface area contributed by atoms with Crippen LogP contribution in [0.4, 0.5) is 0 Å². The second kappa shape index (κ2) is 3.95. The summed E-state index contributed by atoms with van der Waals surface area (Å²) in [7, 11) is 0. The van der Waals surface area contributed by atoms with Crippen LogP contribution in [0.1, 0.15) is 38.9 Å². The third-order valence-corrected chi connectivity index (χ3v) is 4.22. The Bertz CT molecular complexity index is 347. The zero-order valence-corrected chi connectivity index (χ0v) is 10.8. The first kappa shape index (κ1) is 11.2. The fourth-order valence-corrected chi connectivity index (χ4v) is 3.11. The Hall–Kier alpha value is -0.280. The Balaban J connectivity index is 2.30. The van der Waals surface area contributed by atoms with Gasteiger partial charge in [0.25, 0.3) is 0 Å². The Morgan fingerprint density at radius 1 is 1.53 bits per heavy atom. The summed E-state index contributed by atoms with van der Waals surface area (Å²) in [6.45, 7) is 4.35. The van der Waals surface area contributed by atoms with Crippen molar-refractivity contribution in [1.82, 2.24) is 0 Å². The molecule has 84 valence electrons. The third kappa shape index (κ3) is 1.87. The van der Waals surface area contributed by atoms with E-state index in [2.05, 4.69) is 29.8 Å². The minimum Gasteiger partial charge on any atom is -0.465 e. The normalized spacial score (nSPS) is 36.8. The molecule has 0 aliphatic heterocycles. The van der Waals surface area contributed by atoms with Crippen molar-refractivity contribution in [1.29, 1.82) is 0 Å². The first-order chi connectivity index (χ1) is 7.04. The van der Waals surface area contributed by atoms with Crippen LogP contribution in [-0.2, 0) is 5.60 Å². The molecule has 3 atom stereocenters. The highest BCUT2D eigenvalue weighted by atomic mass is 79.9. The molecule has 0 aromatic carbocycles. The van der Waals surface area contributed by atoms with Gasteiger partial charge in [0.2, 0.25) is 0 Å². The summed E-state index contributed by atoms with van der Waals surface area (Å²) in [6.07, 6.45) is 4.54. The molecule has 3 heteroatoms. The van der Waals surface area contributed by atoms with E-state index in [1.54, 1.807) is 6.26 Å². The van der Waals surface area contributed by atoms with E-state index in [1.807, 2.05) is 6.07 Å². The maximum Gasteiger partial charge on any atom is 0.149 e. The minimum atomic E-state index is -0.783. The molecule has 1 fully saturated rings. The maximum atomic E-state index is 10.7. The quantitative estimate of drug-likeness (QED) is 0.846. The van der Waals surface area contributed by atoms with E-state index in [0.29, 0.717) is 11.7 Å². The molecular weight excluding hydrogens is 256 g/mol. The molecule has 1 aromatic heterocycles. The highest BCUT2D eigenvalue weighted by Crippen LogP contribution is 2.45. The number of rotatable bonds is 1. The number of furan rings is 1. The fourth-order valence-electron chi connectivity index (χ4n) is 2.57. The van der Waals surface area contributed by atoms with Gasteiger partial charge in [0.05, 0.1) is 10.7 Å². The summed E-state index contributed by atoms with van der Waals surface area (Å²) in [6, 6.07) is 1.85. The van der Waals surface area contributed by atoms with Crippen LogP contribution in [0.3, 0.4) is 0 Å². The van der Waals surface area contributed by atoms with Crippen molar-refractivity contribution in [2.45, 2.75) is 38.7 Å². The van der Waals surface area contributed by atoms with E-state index >= 15 is 0 Å². The van der Waals surface area contributed by atoms with Crippen LogP contribution >= 0.6 is 15.9 Å². The maximum absolute atomic E-state index is 10.7. The lowest BCUT2D eigenvalue weighted by atomic mass is 9.71. The lowest BCUT2D eigenvalue weighted by Gasteiger charge is -2.39. The first-order valence-corrected chi connectivity index (χ1v) is 6.29. The topological polar surface area (TPSA) is 33.4 Å². The van der Waals surface area contributed by atoms with Gasteiger partial charge in [0.15, 0.2) is 0 Å². The molecule has 0 bridgehead atoms. The van der Waals surface area contributed by atoms with Crippen LogP contribution in [0.2, 0.25) is 0 Å². The van der Waals surface area contributed by atoms with E-state index in [0.717, 1.165) is 23.7 Å². The van der Waals surface area contributed by atoms with E-state index in [-0.39, 0.29) is 5.92 Å². The Morgan fingerprint density at radius 3 is 2.80 bits per heavy atom. The van der Waals surface area contributed by atoms with Crippen LogP contribution in [0, 0.1) is 11.8 Å². The van der Waals surface area contributed by atoms with Crippen molar-refractivity contribution < 1.29 is 9.52 Å². The van der Waals surface area contributed by atoms with Crippen LogP contribution in [0.15, 0.2) is 21.2 Å². The molecule has 15 heavy (non-hydrogen) atoms. The number of hydrogen-bond acceptors (Lipinski definition) is 2. The van der Waals surface area contributed by atoms with E-state index in [4.69, 9.17) is 4.42 Å². The predicted octanol–water partition coefficient (Wildman–Crippen LogP) is 3.69. The van der Waals surface area contributed by atoms with E-state index in [9.17, 15) is 5.11 Å². The number of halogens is 1. The van der Waals surface area contributed by atoms with E-state index in [1.165, 1.54) is 0 Å². The molecule has 1 aromatic rings. The zero-order valence-electron chi connectivity index (χ0n) is 9.16. The molecule has 3 unspecified atom stereocenters. The van der Waals surface area contributed by atoms with Gasteiger partial charge in [-0.25, -0.2) is 0 Å². The molecule has 2 nitrogen and oxygen atoms in total. The van der Waals surface area contributed by atoms with Gasteiger partial charge in [-0.05, 0) is 53.1 Å². The van der Waals surface area contributed by atoms with Crippen LogP contribution in [-0.4, -0.2) is 5.11 Å². The average molecular weight is 273 g/mol. The average Bonchev–Trinajstić information content (AvgIpc) is 2.59. The van der Waals surface area contributed by atoms with Gasteiger partial charge in [-0.15, -0.1) is 0 Å². The number of aliphatic hydroxyl groups is 1. The van der Waals surface area contributed by atoms with Gasteiger partial charge < -0.3 is 9.52 Å².